The number of aryl methyl sites for hydroxylation is 1. The van der Waals surface area contributed by atoms with E-state index < -0.39 is 29.9 Å². The molecule has 3 rings (SSSR count). The molecule has 0 spiro atoms. The molecule has 2 N–H and O–H groups in total. The second-order valence-corrected chi connectivity index (χ2v) is 7.14. The monoisotopic (exact) mass is 389 g/mol. The molecule has 0 bridgehead atoms. The molecule has 27 heavy (non-hydrogen) atoms. The van der Waals surface area contributed by atoms with Gasteiger partial charge in [0.15, 0.2) is 0 Å². The Hall–Kier alpha value is -3.01. The van der Waals surface area contributed by atoms with Crippen molar-refractivity contribution in [2.75, 3.05) is 19.0 Å². The number of anilines is 1. The van der Waals surface area contributed by atoms with Crippen molar-refractivity contribution in [3.63, 3.8) is 0 Å². The minimum absolute atomic E-state index is 0.335. The van der Waals surface area contributed by atoms with E-state index in [1.165, 1.54) is 11.3 Å². The second-order valence-electron chi connectivity index (χ2n) is 6.08. The van der Waals surface area contributed by atoms with Crippen molar-refractivity contribution in [3.05, 3.63) is 34.8 Å². The molecule has 142 valence electrons. The van der Waals surface area contributed by atoms with E-state index in [1.54, 1.807) is 38.3 Å². The Balaban J connectivity index is 1.72. The third kappa shape index (κ3) is 3.61. The molecule has 1 aromatic heterocycles. The zero-order valence-corrected chi connectivity index (χ0v) is 15.9. The smallest absolute Gasteiger partial charge is 0.325 e. The molecule has 2 aromatic rings. The number of nitrogens with zero attached hydrogens (tertiary/aromatic N) is 3. The number of imide groups is 1. The van der Waals surface area contributed by atoms with Crippen LogP contribution in [0.15, 0.2) is 24.3 Å². The van der Waals surface area contributed by atoms with Crippen LogP contribution in [0.25, 0.3) is 0 Å². The van der Waals surface area contributed by atoms with E-state index in [2.05, 4.69) is 20.8 Å². The van der Waals surface area contributed by atoms with Gasteiger partial charge in [0, 0.05) is 0 Å². The van der Waals surface area contributed by atoms with Crippen LogP contribution in [0.2, 0.25) is 0 Å². The van der Waals surface area contributed by atoms with Crippen LogP contribution >= 0.6 is 11.3 Å². The van der Waals surface area contributed by atoms with Crippen LogP contribution in [0.1, 0.15) is 24.4 Å². The molecule has 1 fully saturated rings. The lowest BCUT2D eigenvalue weighted by molar-refractivity contribution is -0.133. The number of aromatic nitrogens is 2. The first kappa shape index (κ1) is 18.8. The lowest BCUT2D eigenvalue weighted by Crippen LogP contribution is -2.42. The van der Waals surface area contributed by atoms with Gasteiger partial charge in [-0.2, -0.15) is 0 Å². The molecule has 9 nitrogen and oxygen atoms in total. The number of hydrogen-bond acceptors (Lipinski definition) is 7. The molecule has 1 aliphatic heterocycles. The summed E-state index contributed by atoms with van der Waals surface area (Å²) < 4.78 is 5.11. The molecule has 10 heteroatoms. The van der Waals surface area contributed by atoms with Gasteiger partial charge in [-0.1, -0.05) is 30.4 Å². The van der Waals surface area contributed by atoms with E-state index in [9.17, 15) is 14.4 Å². The summed E-state index contributed by atoms with van der Waals surface area (Å²) in [5, 5.41) is 14.1. The SMILES string of the molecule is CCc1nnc(NC(=O)CN2C(=O)NC(C)(c3ccc(OC)cc3)C2=O)s1. The number of carbonyl (C=O) groups is 3. The van der Waals surface area contributed by atoms with Crippen LogP contribution < -0.4 is 15.4 Å². The van der Waals surface area contributed by atoms with E-state index in [0.29, 0.717) is 22.9 Å². The first-order valence-corrected chi connectivity index (χ1v) is 9.10. The maximum absolute atomic E-state index is 12.8. The van der Waals surface area contributed by atoms with Gasteiger partial charge in [-0.25, -0.2) is 4.79 Å². The fourth-order valence-electron chi connectivity index (χ4n) is 2.71. The number of rotatable bonds is 6. The number of amides is 4. The Morgan fingerprint density at radius 3 is 2.59 bits per heavy atom. The lowest BCUT2D eigenvalue weighted by atomic mass is 9.92. The zero-order valence-electron chi connectivity index (χ0n) is 15.1. The average molecular weight is 389 g/mol. The molecule has 0 saturated carbocycles. The maximum Gasteiger partial charge on any atom is 0.325 e. The fourth-order valence-corrected chi connectivity index (χ4v) is 3.41. The van der Waals surface area contributed by atoms with Crippen LogP contribution in [0.5, 0.6) is 5.75 Å². The first-order chi connectivity index (χ1) is 12.9. The van der Waals surface area contributed by atoms with Crippen molar-refractivity contribution in [3.8, 4) is 5.75 Å². The zero-order chi connectivity index (χ0) is 19.6. The number of carbonyl (C=O) groups excluding carboxylic acids is 3. The Labute approximate surface area is 159 Å². The minimum Gasteiger partial charge on any atom is -0.497 e. The molecule has 4 amide bonds. The van der Waals surface area contributed by atoms with Crippen LogP contribution in [-0.2, 0) is 21.5 Å². The summed E-state index contributed by atoms with van der Waals surface area (Å²) in [5.41, 5.74) is -0.650. The topological polar surface area (TPSA) is 114 Å². The number of nitrogens with one attached hydrogen (secondary N) is 2. The van der Waals surface area contributed by atoms with Gasteiger partial charge in [0.1, 0.15) is 22.8 Å². The molecule has 0 radical (unpaired) electrons. The van der Waals surface area contributed by atoms with Gasteiger partial charge in [-0.05, 0) is 31.0 Å². The molecular formula is C17H19N5O4S. The summed E-state index contributed by atoms with van der Waals surface area (Å²) in [5.74, 6) is -0.380. The molecule has 1 aromatic carbocycles. The van der Waals surface area contributed by atoms with E-state index >= 15 is 0 Å². The summed E-state index contributed by atoms with van der Waals surface area (Å²) in [4.78, 5) is 38.3. The number of hydrogen-bond donors (Lipinski definition) is 2. The molecule has 0 aliphatic carbocycles. The van der Waals surface area contributed by atoms with E-state index in [0.717, 1.165) is 9.91 Å². The second kappa shape index (κ2) is 7.31. The van der Waals surface area contributed by atoms with Crippen LogP contribution in [0.4, 0.5) is 9.93 Å². The maximum atomic E-state index is 12.8. The number of benzene rings is 1. The van der Waals surface area contributed by atoms with Crippen molar-refractivity contribution in [2.24, 2.45) is 0 Å². The highest BCUT2D eigenvalue weighted by molar-refractivity contribution is 7.15. The van der Waals surface area contributed by atoms with Crippen LogP contribution in [0.3, 0.4) is 0 Å². The Morgan fingerprint density at radius 1 is 1.30 bits per heavy atom. The highest BCUT2D eigenvalue weighted by atomic mass is 32.1. The van der Waals surface area contributed by atoms with Crippen molar-refractivity contribution in [2.45, 2.75) is 25.8 Å². The first-order valence-electron chi connectivity index (χ1n) is 8.28. The molecule has 1 unspecified atom stereocenters. The van der Waals surface area contributed by atoms with Crippen molar-refractivity contribution < 1.29 is 19.1 Å². The third-order valence-corrected chi connectivity index (χ3v) is 5.24. The summed E-state index contributed by atoms with van der Waals surface area (Å²) in [7, 11) is 1.54. The minimum atomic E-state index is -1.25. The van der Waals surface area contributed by atoms with E-state index in [4.69, 9.17) is 4.74 Å². The van der Waals surface area contributed by atoms with E-state index in [1.807, 2.05) is 6.92 Å². The highest BCUT2D eigenvalue weighted by Crippen LogP contribution is 2.30. The number of urea groups is 1. The van der Waals surface area contributed by atoms with Gasteiger partial charge in [-0.3, -0.25) is 19.8 Å². The van der Waals surface area contributed by atoms with Crippen LogP contribution in [0, 0.1) is 0 Å². The number of ether oxygens (including phenoxy) is 1. The molecule has 2 heterocycles. The molecule has 1 saturated heterocycles. The Bertz CT molecular complexity index is 882. The molecular weight excluding hydrogens is 370 g/mol. The van der Waals surface area contributed by atoms with Gasteiger partial charge in [0.2, 0.25) is 11.0 Å². The molecule has 1 aliphatic rings. The molecule has 1 atom stereocenters. The highest BCUT2D eigenvalue weighted by Gasteiger charge is 2.49. The van der Waals surface area contributed by atoms with Crippen molar-refractivity contribution in [1.82, 2.24) is 20.4 Å². The quantitative estimate of drug-likeness (QED) is 0.724. The van der Waals surface area contributed by atoms with Crippen LogP contribution in [-0.4, -0.2) is 46.6 Å². The van der Waals surface area contributed by atoms with Gasteiger partial charge in [-0.15, -0.1) is 10.2 Å². The van der Waals surface area contributed by atoms with Gasteiger partial charge < -0.3 is 10.1 Å². The Kier molecular flexibility index (Phi) is 5.08. The summed E-state index contributed by atoms with van der Waals surface area (Å²) >= 11 is 1.25. The average Bonchev–Trinajstić information content (AvgIpc) is 3.20. The van der Waals surface area contributed by atoms with E-state index in [-0.39, 0.29) is 0 Å². The normalized spacial score (nSPS) is 19.1. The third-order valence-electron chi connectivity index (χ3n) is 4.26. The van der Waals surface area contributed by atoms with Gasteiger partial charge in [0.25, 0.3) is 5.91 Å². The number of methoxy groups -OCH3 is 1. The fraction of sp³-hybridized carbons (Fsp3) is 0.353. The Morgan fingerprint density at radius 2 is 2.00 bits per heavy atom. The summed E-state index contributed by atoms with van der Waals surface area (Å²) in [6, 6.07) is 6.19. The largest absolute Gasteiger partial charge is 0.497 e. The predicted molar refractivity (Wildman–Crippen MR) is 98.5 cm³/mol. The summed E-state index contributed by atoms with van der Waals surface area (Å²) in [6.07, 6.45) is 0.709. The van der Waals surface area contributed by atoms with Crippen molar-refractivity contribution in [1.29, 1.82) is 0 Å². The predicted octanol–water partition coefficient (Wildman–Crippen LogP) is 1.51. The van der Waals surface area contributed by atoms with Gasteiger partial charge >= 0.3 is 6.03 Å². The summed E-state index contributed by atoms with van der Waals surface area (Å²) in [6.45, 7) is 3.13. The van der Waals surface area contributed by atoms with Gasteiger partial charge in [0.05, 0.1) is 7.11 Å². The van der Waals surface area contributed by atoms with Crippen molar-refractivity contribution >= 4 is 34.3 Å². The standard InChI is InChI=1S/C17H19N5O4S/c1-4-13-20-21-15(27-13)18-12(23)9-22-14(24)17(2,19-16(22)25)10-5-7-11(26-3)8-6-10/h5-8H,4,9H2,1-3H3,(H,19,25)(H,18,21,23). The lowest BCUT2D eigenvalue weighted by Gasteiger charge is -2.22.